The number of aromatic hydroxyl groups is 1. The molecule has 3 rings (SSSR count). The lowest BCUT2D eigenvalue weighted by Crippen LogP contribution is -2.23. The Morgan fingerprint density at radius 1 is 0.767 bits per heavy atom. The zero-order chi connectivity index (χ0) is 22.8. The van der Waals surface area contributed by atoms with Crippen LogP contribution in [0.1, 0.15) is 90.1 Å². The van der Waals surface area contributed by atoms with E-state index in [0.29, 0.717) is 22.3 Å². The second-order valence-electron chi connectivity index (χ2n) is 10.2. The van der Waals surface area contributed by atoms with Crippen LogP contribution in [0.25, 0.3) is 5.57 Å². The molecule has 0 fully saturated rings. The lowest BCUT2D eigenvalue weighted by molar-refractivity contribution is 0.0998. The molecular weight excluding hydrogens is 440 g/mol. The molecule has 158 valence electrons. The number of Topliss-reactive ketones (excluding diaryl/α,β-unsaturated/α-hetero) is 2. The minimum absolute atomic E-state index is 0.164. The Morgan fingerprint density at radius 2 is 1.17 bits per heavy atom. The van der Waals surface area contributed by atoms with E-state index in [9.17, 15) is 14.7 Å². The molecule has 0 spiro atoms. The van der Waals surface area contributed by atoms with E-state index in [1.54, 1.807) is 0 Å². The molecule has 0 saturated heterocycles. The molecule has 0 amide bonds. The van der Waals surface area contributed by atoms with Crippen LogP contribution in [0.2, 0.25) is 0 Å². The van der Waals surface area contributed by atoms with E-state index in [4.69, 9.17) is 0 Å². The maximum absolute atomic E-state index is 13.7. The highest BCUT2D eigenvalue weighted by Crippen LogP contribution is 2.44. The number of benzene rings is 2. The molecule has 0 bridgehead atoms. The normalized spacial score (nSPS) is 15.0. The van der Waals surface area contributed by atoms with Crippen molar-refractivity contribution in [2.45, 2.75) is 66.2 Å². The third-order valence-electron chi connectivity index (χ3n) is 5.74. The fraction of sp³-hybridized carbons (Fsp3) is 0.385. The number of phenolic OH excluding ortho intramolecular Hbond substituents is 1. The maximum atomic E-state index is 13.7. The van der Waals surface area contributed by atoms with Gasteiger partial charge >= 0.3 is 0 Å². The van der Waals surface area contributed by atoms with Crippen molar-refractivity contribution in [1.29, 1.82) is 0 Å². The minimum atomic E-state index is -0.334. The Morgan fingerprint density at radius 3 is 1.57 bits per heavy atom. The summed E-state index contributed by atoms with van der Waals surface area (Å²) in [4.78, 5) is 26.9. The summed E-state index contributed by atoms with van der Waals surface area (Å²) < 4.78 is 0.277. The first-order valence-corrected chi connectivity index (χ1v) is 10.9. The van der Waals surface area contributed by atoms with Gasteiger partial charge in [-0.1, -0.05) is 53.7 Å². The Kier molecular flexibility index (Phi) is 5.39. The summed E-state index contributed by atoms with van der Waals surface area (Å²) in [6.07, 6.45) is 0. The smallest absolute Gasteiger partial charge is 0.201 e. The average Bonchev–Trinajstić information content (AvgIpc) is 2.60. The number of halogens is 1. The number of ketones is 2. The lowest BCUT2D eigenvalue weighted by Gasteiger charge is -2.29. The first-order valence-electron chi connectivity index (χ1n) is 10.1. The molecule has 2 aromatic rings. The number of allylic oxidation sites excluding steroid dienone is 2. The van der Waals surface area contributed by atoms with Gasteiger partial charge in [-0.25, -0.2) is 0 Å². The van der Waals surface area contributed by atoms with Gasteiger partial charge in [-0.2, -0.15) is 0 Å². The van der Waals surface area contributed by atoms with Crippen LogP contribution in [0.5, 0.6) is 5.75 Å². The molecule has 0 unspecified atom stereocenters. The topological polar surface area (TPSA) is 54.4 Å². The highest BCUT2D eigenvalue weighted by molar-refractivity contribution is 9.12. The van der Waals surface area contributed by atoms with Crippen molar-refractivity contribution in [2.75, 3.05) is 0 Å². The van der Waals surface area contributed by atoms with E-state index in [1.807, 2.05) is 79.7 Å². The van der Waals surface area contributed by atoms with Crippen molar-refractivity contribution in [3.8, 4) is 5.75 Å². The summed E-state index contributed by atoms with van der Waals surface area (Å²) in [5.74, 6) is -0.0935. The van der Waals surface area contributed by atoms with Crippen molar-refractivity contribution in [3.05, 3.63) is 67.7 Å². The zero-order valence-electron chi connectivity index (χ0n) is 19.0. The van der Waals surface area contributed by atoms with E-state index in [0.717, 1.165) is 22.3 Å². The summed E-state index contributed by atoms with van der Waals surface area (Å²) in [6.45, 7) is 15.9. The van der Waals surface area contributed by atoms with Crippen LogP contribution in [0.15, 0.2) is 28.7 Å². The second kappa shape index (κ2) is 7.19. The van der Waals surface area contributed by atoms with Crippen molar-refractivity contribution < 1.29 is 14.7 Å². The molecule has 3 nitrogen and oxygen atoms in total. The predicted molar refractivity (Wildman–Crippen MR) is 126 cm³/mol. The van der Waals surface area contributed by atoms with Gasteiger partial charge in [0.2, 0.25) is 5.78 Å². The second-order valence-corrected chi connectivity index (χ2v) is 11.0. The standard InChI is InChI=1S/C26H29BrO3/c1-13-9-10-14(2)19-18(13)23(29)20(21(27)24(19)30)15-11-16(25(3,4)5)22(28)17(12-15)26(6,7)8/h9-12,28H,1-8H3. The van der Waals surface area contributed by atoms with Gasteiger partial charge in [0.25, 0.3) is 0 Å². The van der Waals surface area contributed by atoms with E-state index in [2.05, 4.69) is 15.9 Å². The van der Waals surface area contributed by atoms with Gasteiger partial charge < -0.3 is 5.11 Å². The van der Waals surface area contributed by atoms with Crippen LogP contribution in [-0.2, 0) is 10.8 Å². The largest absolute Gasteiger partial charge is 0.507 e. The van der Waals surface area contributed by atoms with E-state index >= 15 is 0 Å². The van der Waals surface area contributed by atoms with Crippen molar-refractivity contribution in [2.24, 2.45) is 0 Å². The molecule has 30 heavy (non-hydrogen) atoms. The summed E-state index contributed by atoms with van der Waals surface area (Å²) in [7, 11) is 0. The summed E-state index contributed by atoms with van der Waals surface area (Å²) in [5, 5.41) is 11.0. The van der Waals surface area contributed by atoms with Crippen LogP contribution in [0, 0.1) is 13.8 Å². The molecule has 1 aliphatic rings. The van der Waals surface area contributed by atoms with Crippen molar-refractivity contribution in [1.82, 2.24) is 0 Å². The molecule has 4 heteroatoms. The molecule has 0 aromatic heterocycles. The third kappa shape index (κ3) is 3.56. The number of hydrogen-bond acceptors (Lipinski definition) is 3. The lowest BCUT2D eigenvalue weighted by atomic mass is 9.75. The van der Waals surface area contributed by atoms with E-state index in [-0.39, 0.29) is 32.6 Å². The summed E-state index contributed by atoms with van der Waals surface area (Å²) in [5.41, 5.74) is 4.38. The van der Waals surface area contributed by atoms with Gasteiger partial charge in [0.1, 0.15) is 5.75 Å². The molecule has 1 aliphatic carbocycles. The molecule has 2 aromatic carbocycles. The molecule has 0 heterocycles. The molecular formula is C26H29BrO3. The highest BCUT2D eigenvalue weighted by Gasteiger charge is 2.36. The number of hydrogen-bond donors (Lipinski definition) is 1. The molecule has 0 radical (unpaired) electrons. The first kappa shape index (κ1) is 22.5. The van der Waals surface area contributed by atoms with Crippen LogP contribution < -0.4 is 0 Å². The van der Waals surface area contributed by atoms with Gasteiger partial charge in [0, 0.05) is 27.8 Å². The number of carbonyl (C=O) groups excluding carboxylic acids is 2. The predicted octanol–water partition coefficient (Wildman–Crippen LogP) is 6.79. The van der Waals surface area contributed by atoms with E-state index in [1.165, 1.54) is 0 Å². The van der Waals surface area contributed by atoms with Gasteiger partial charge in [-0.3, -0.25) is 9.59 Å². The number of rotatable bonds is 1. The molecule has 1 N–H and O–H groups in total. The molecule has 0 atom stereocenters. The first-order chi connectivity index (χ1) is 13.7. The van der Waals surface area contributed by atoms with Gasteiger partial charge in [0.15, 0.2) is 5.78 Å². The zero-order valence-corrected chi connectivity index (χ0v) is 20.5. The number of aryl methyl sites for hydroxylation is 2. The van der Waals surface area contributed by atoms with Crippen LogP contribution in [-0.4, -0.2) is 16.7 Å². The number of phenols is 1. The Bertz CT molecular complexity index is 1090. The SMILES string of the molecule is Cc1ccc(C)c2c1C(=O)C(Br)=C(c1cc(C(C)(C)C)c(O)c(C(C)(C)C)c1)C2=O. The Labute approximate surface area is 187 Å². The van der Waals surface area contributed by atoms with Crippen molar-refractivity contribution in [3.63, 3.8) is 0 Å². The number of fused-ring (bicyclic) bond motifs is 1. The van der Waals surface area contributed by atoms with Crippen molar-refractivity contribution >= 4 is 33.1 Å². The summed E-state index contributed by atoms with van der Waals surface area (Å²) in [6, 6.07) is 7.46. The monoisotopic (exact) mass is 468 g/mol. The quantitative estimate of drug-likeness (QED) is 0.500. The molecule has 0 aliphatic heterocycles. The van der Waals surface area contributed by atoms with Gasteiger partial charge in [0.05, 0.1) is 4.48 Å². The Balaban J connectivity index is 2.38. The van der Waals surface area contributed by atoms with Crippen LogP contribution in [0.3, 0.4) is 0 Å². The average molecular weight is 469 g/mol. The van der Waals surface area contributed by atoms with Gasteiger partial charge in [-0.15, -0.1) is 0 Å². The Hall–Kier alpha value is -2.20. The van der Waals surface area contributed by atoms with E-state index < -0.39 is 0 Å². The molecule has 0 saturated carbocycles. The minimum Gasteiger partial charge on any atom is -0.507 e. The fourth-order valence-corrected chi connectivity index (χ4v) is 4.63. The maximum Gasteiger partial charge on any atom is 0.201 e. The fourth-order valence-electron chi connectivity index (χ4n) is 4.02. The summed E-state index contributed by atoms with van der Waals surface area (Å²) >= 11 is 3.44. The number of carbonyl (C=O) groups is 2. The van der Waals surface area contributed by atoms with Crippen LogP contribution in [0.4, 0.5) is 0 Å². The van der Waals surface area contributed by atoms with Crippen LogP contribution >= 0.6 is 15.9 Å². The highest BCUT2D eigenvalue weighted by atomic mass is 79.9. The van der Waals surface area contributed by atoms with Gasteiger partial charge in [-0.05, 0) is 69.4 Å². The third-order valence-corrected chi connectivity index (χ3v) is 6.49.